The van der Waals surface area contributed by atoms with E-state index in [9.17, 15) is 4.79 Å². The zero-order valence-corrected chi connectivity index (χ0v) is 16.6. The van der Waals surface area contributed by atoms with Gasteiger partial charge in [0.2, 0.25) is 0 Å². The first-order valence-electron chi connectivity index (χ1n) is 9.71. The van der Waals surface area contributed by atoms with Crippen LogP contribution >= 0.6 is 11.3 Å². The summed E-state index contributed by atoms with van der Waals surface area (Å²) in [5.41, 5.74) is 6.05. The lowest BCUT2D eigenvalue weighted by atomic mass is 10.0. The van der Waals surface area contributed by atoms with Crippen molar-refractivity contribution in [1.82, 2.24) is 20.1 Å². The molecule has 144 valence electrons. The molecule has 4 heterocycles. The molecule has 28 heavy (non-hydrogen) atoms. The van der Waals surface area contributed by atoms with E-state index >= 15 is 0 Å². The Morgan fingerprint density at radius 3 is 2.86 bits per heavy atom. The summed E-state index contributed by atoms with van der Waals surface area (Å²) >= 11 is 1.16. The molecule has 0 amide bonds. The molecule has 1 aromatic carbocycles. The highest BCUT2D eigenvalue weighted by Gasteiger charge is 2.23. The van der Waals surface area contributed by atoms with E-state index < -0.39 is 0 Å². The molecule has 0 aliphatic carbocycles. The number of rotatable bonds is 3. The van der Waals surface area contributed by atoms with Crippen molar-refractivity contribution in [2.75, 3.05) is 19.7 Å². The maximum atomic E-state index is 11.4. The summed E-state index contributed by atoms with van der Waals surface area (Å²) in [4.78, 5) is 18.4. The number of hydrogen-bond donors (Lipinski definition) is 1. The third-order valence-electron chi connectivity index (χ3n) is 5.81. The third kappa shape index (κ3) is 3.25. The lowest BCUT2D eigenvalue weighted by molar-refractivity contribution is 0.220. The van der Waals surface area contributed by atoms with Crippen LogP contribution < -0.4 is 9.61 Å². The zero-order chi connectivity index (χ0) is 19.1. The molecule has 0 unspecified atom stereocenters. The summed E-state index contributed by atoms with van der Waals surface area (Å²) in [6.07, 6.45) is 4.93. The Morgan fingerprint density at radius 2 is 2.04 bits per heavy atom. The van der Waals surface area contributed by atoms with Crippen molar-refractivity contribution >= 4 is 11.3 Å². The standard InChI is InChI=1S/C21H22N4O2S/c1-13(17-11-19-18(22-12-17)6-9-27-19)25-7-4-14-2-3-16(10-15(14)5-8-25)20-23-24-21(26)28-20/h2-3,10-13H,4-9H2,1H3,(H,24,26)/t13-/m0/s1. The summed E-state index contributed by atoms with van der Waals surface area (Å²) in [5, 5.41) is 7.38. The van der Waals surface area contributed by atoms with Crippen molar-refractivity contribution in [3.05, 3.63) is 62.5 Å². The number of ether oxygens (including phenoxy) is 1. The number of fused-ring (bicyclic) bond motifs is 2. The molecule has 0 fully saturated rings. The molecule has 3 aromatic rings. The number of aromatic nitrogens is 3. The van der Waals surface area contributed by atoms with Gasteiger partial charge in [0.1, 0.15) is 10.8 Å². The van der Waals surface area contributed by atoms with Crippen LogP contribution in [0.5, 0.6) is 5.75 Å². The smallest absolute Gasteiger partial charge is 0.322 e. The highest BCUT2D eigenvalue weighted by atomic mass is 32.1. The Kier molecular flexibility index (Phi) is 4.49. The third-order valence-corrected chi connectivity index (χ3v) is 6.60. The van der Waals surface area contributed by atoms with E-state index in [1.54, 1.807) is 0 Å². The molecule has 6 nitrogen and oxygen atoms in total. The maximum Gasteiger partial charge on any atom is 0.322 e. The van der Waals surface area contributed by atoms with Gasteiger partial charge in [0, 0.05) is 37.3 Å². The van der Waals surface area contributed by atoms with Crippen LogP contribution in [-0.4, -0.2) is 39.8 Å². The molecular formula is C21H22N4O2S. The molecule has 7 heteroatoms. The van der Waals surface area contributed by atoms with E-state index in [1.165, 1.54) is 16.7 Å². The van der Waals surface area contributed by atoms with Gasteiger partial charge in [-0.2, -0.15) is 5.10 Å². The molecule has 0 radical (unpaired) electrons. The Hall–Kier alpha value is -2.51. The molecule has 2 aromatic heterocycles. The first-order valence-corrected chi connectivity index (χ1v) is 10.5. The lowest BCUT2D eigenvalue weighted by Crippen LogP contribution is -2.29. The highest BCUT2D eigenvalue weighted by molar-refractivity contribution is 7.12. The second-order valence-electron chi connectivity index (χ2n) is 7.43. The fourth-order valence-electron chi connectivity index (χ4n) is 4.11. The van der Waals surface area contributed by atoms with Crippen LogP contribution in [0.25, 0.3) is 10.6 Å². The fraction of sp³-hybridized carbons (Fsp3) is 0.381. The average molecular weight is 395 g/mol. The first-order chi connectivity index (χ1) is 13.7. The SMILES string of the molecule is C[C@@H](c1cnc2c(c1)OCC2)N1CCc2ccc(-c3n[nH]c(=O)s3)cc2CC1. The van der Waals surface area contributed by atoms with E-state index in [-0.39, 0.29) is 4.87 Å². The average Bonchev–Trinajstić information content (AvgIpc) is 3.30. The molecule has 5 rings (SSSR count). The van der Waals surface area contributed by atoms with E-state index in [0.717, 1.165) is 72.3 Å². The number of pyridine rings is 1. The molecular weight excluding hydrogens is 372 g/mol. The minimum Gasteiger partial charge on any atom is -0.491 e. The van der Waals surface area contributed by atoms with Crippen molar-refractivity contribution in [2.45, 2.75) is 32.2 Å². The van der Waals surface area contributed by atoms with Crippen LogP contribution in [0, 0.1) is 0 Å². The van der Waals surface area contributed by atoms with Gasteiger partial charge in [0.05, 0.1) is 12.3 Å². The Morgan fingerprint density at radius 1 is 1.18 bits per heavy atom. The maximum absolute atomic E-state index is 11.4. The summed E-state index contributed by atoms with van der Waals surface area (Å²) in [7, 11) is 0. The van der Waals surface area contributed by atoms with Gasteiger partial charge >= 0.3 is 4.87 Å². The lowest BCUT2D eigenvalue weighted by Gasteiger charge is -2.27. The van der Waals surface area contributed by atoms with E-state index in [4.69, 9.17) is 4.74 Å². The van der Waals surface area contributed by atoms with Crippen LogP contribution in [0.15, 0.2) is 35.3 Å². The van der Waals surface area contributed by atoms with Gasteiger partial charge in [0.15, 0.2) is 0 Å². The van der Waals surface area contributed by atoms with Gasteiger partial charge in [-0.25, -0.2) is 5.10 Å². The Bertz CT molecular complexity index is 1070. The van der Waals surface area contributed by atoms with Crippen LogP contribution in [-0.2, 0) is 19.3 Å². The Balaban J connectivity index is 1.35. The fourth-order valence-corrected chi connectivity index (χ4v) is 4.72. The second-order valence-corrected chi connectivity index (χ2v) is 8.39. The van der Waals surface area contributed by atoms with Gasteiger partial charge in [-0.1, -0.05) is 23.5 Å². The van der Waals surface area contributed by atoms with E-state index in [0.29, 0.717) is 6.04 Å². The summed E-state index contributed by atoms with van der Waals surface area (Å²) in [6, 6.07) is 8.92. The van der Waals surface area contributed by atoms with Gasteiger partial charge in [-0.15, -0.1) is 0 Å². The molecule has 1 N–H and O–H groups in total. The van der Waals surface area contributed by atoms with Crippen LogP contribution in [0.1, 0.15) is 35.3 Å². The predicted molar refractivity (Wildman–Crippen MR) is 109 cm³/mol. The van der Waals surface area contributed by atoms with Crippen LogP contribution in [0.2, 0.25) is 0 Å². The predicted octanol–water partition coefficient (Wildman–Crippen LogP) is 2.99. The van der Waals surface area contributed by atoms with Crippen molar-refractivity contribution in [1.29, 1.82) is 0 Å². The number of nitrogens with one attached hydrogen (secondary N) is 1. The monoisotopic (exact) mass is 394 g/mol. The first kappa shape index (κ1) is 17.6. The molecule has 2 aliphatic rings. The second kappa shape index (κ2) is 7.14. The van der Waals surface area contributed by atoms with Gasteiger partial charge < -0.3 is 4.74 Å². The normalized spacial score (nSPS) is 17.5. The topological polar surface area (TPSA) is 71.1 Å². The molecule has 0 bridgehead atoms. The zero-order valence-electron chi connectivity index (χ0n) is 15.8. The summed E-state index contributed by atoms with van der Waals surface area (Å²) in [6.45, 7) is 5.00. The van der Waals surface area contributed by atoms with E-state index in [1.807, 2.05) is 6.20 Å². The van der Waals surface area contributed by atoms with Crippen molar-refractivity contribution in [3.63, 3.8) is 0 Å². The van der Waals surface area contributed by atoms with Gasteiger partial charge in [0.25, 0.3) is 0 Å². The number of hydrogen-bond acceptors (Lipinski definition) is 6. The number of aromatic amines is 1. The molecule has 0 spiro atoms. The van der Waals surface area contributed by atoms with Crippen LogP contribution in [0.3, 0.4) is 0 Å². The van der Waals surface area contributed by atoms with Crippen molar-refractivity contribution in [3.8, 4) is 16.3 Å². The van der Waals surface area contributed by atoms with Gasteiger partial charge in [-0.05, 0) is 48.6 Å². The quantitative estimate of drug-likeness (QED) is 0.739. The summed E-state index contributed by atoms with van der Waals surface area (Å²) < 4.78 is 5.70. The molecule has 2 aliphatic heterocycles. The number of H-pyrrole nitrogens is 1. The highest BCUT2D eigenvalue weighted by Crippen LogP contribution is 2.31. The largest absolute Gasteiger partial charge is 0.491 e. The number of nitrogens with zero attached hydrogens (tertiary/aromatic N) is 3. The minimum absolute atomic E-state index is 0.114. The molecule has 0 saturated heterocycles. The summed E-state index contributed by atoms with van der Waals surface area (Å²) in [5.74, 6) is 0.949. The Labute approximate surface area is 167 Å². The van der Waals surface area contributed by atoms with Gasteiger partial charge in [-0.3, -0.25) is 14.7 Å². The molecule has 0 saturated carbocycles. The molecule has 1 atom stereocenters. The van der Waals surface area contributed by atoms with Crippen LogP contribution in [0.4, 0.5) is 0 Å². The van der Waals surface area contributed by atoms with E-state index in [2.05, 4.69) is 51.3 Å². The minimum atomic E-state index is -0.114. The van der Waals surface area contributed by atoms with Crippen molar-refractivity contribution < 1.29 is 4.74 Å². The number of benzene rings is 1. The van der Waals surface area contributed by atoms with Crippen molar-refractivity contribution in [2.24, 2.45) is 0 Å².